The van der Waals surface area contributed by atoms with Crippen molar-refractivity contribution in [3.63, 3.8) is 0 Å². The highest BCUT2D eigenvalue weighted by Crippen LogP contribution is 2.25. The molecule has 0 atom stereocenters. The van der Waals surface area contributed by atoms with Gasteiger partial charge in [0.15, 0.2) is 5.82 Å². The van der Waals surface area contributed by atoms with Crippen LogP contribution in [0.1, 0.15) is 23.3 Å². The third kappa shape index (κ3) is 5.54. The summed E-state index contributed by atoms with van der Waals surface area (Å²) >= 11 is 0. The van der Waals surface area contributed by atoms with Crippen molar-refractivity contribution < 1.29 is 4.79 Å². The first kappa shape index (κ1) is 25.3. The van der Waals surface area contributed by atoms with E-state index in [2.05, 4.69) is 47.7 Å². The number of likely N-dealkylation sites (tertiary alicyclic amines) is 1. The van der Waals surface area contributed by atoms with Gasteiger partial charge in [-0.05, 0) is 69.4 Å². The summed E-state index contributed by atoms with van der Waals surface area (Å²) in [6.45, 7) is 2.03. The fourth-order valence-electron chi connectivity index (χ4n) is 4.77. The minimum atomic E-state index is -0.290. The molecule has 6 N–H and O–H groups in total. The molecule has 1 amide bonds. The number of fused-ring (bicyclic) bond motifs is 2. The number of benzene rings is 2. The lowest BCUT2D eigenvalue weighted by Crippen LogP contribution is -2.32. The average Bonchev–Trinajstić information content (AvgIpc) is 3.62. The number of aliphatic imine (C=N–C) groups is 1. The number of piperidine rings is 1. The molecule has 40 heavy (non-hydrogen) atoms. The molecule has 0 spiro atoms. The van der Waals surface area contributed by atoms with Gasteiger partial charge in [0.05, 0.1) is 23.5 Å². The summed E-state index contributed by atoms with van der Waals surface area (Å²) in [5.74, 6) is 0.944. The van der Waals surface area contributed by atoms with E-state index in [0.717, 1.165) is 59.0 Å². The highest BCUT2D eigenvalue weighted by atomic mass is 16.1. The number of carbonyl (C=O) groups excluding carboxylic acids is 1. The number of nitrogens with two attached hydrogens (primary N) is 1. The number of amides is 1. The van der Waals surface area contributed by atoms with Gasteiger partial charge in [-0.15, -0.1) is 0 Å². The third-order valence-electron chi connectivity index (χ3n) is 7.04. The Morgan fingerprint density at radius 3 is 2.83 bits per heavy atom. The summed E-state index contributed by atoms with van der Waals surface area (Å²) in [4.78, 5) is 32.2. The van der Waals surface area contributed by atoms with Crippen LogP contribution in [0.5, 0.6) is 0 Å². The van der Waals surface area contributed by atoms with Gasteiger partial charge in [-0.1, -0.05) is 12.1 Å². The van der Waals surface area contributed by atoms with Crippen molar-refractivity contribution in [2.75, 3.05) is 25.5 Å². The number of aromatic nitrogens is 5. The maximum absolute atomic E-state index is 13.0. The number of carbonyl (C=O) groups is 1. The van der Waals surface area contributed by atoms with Crippen molar-refractivity contribution >= 4 is 45.4 Å². The maximum atomic E-state index is 13.0. The summed E-state index contributed by atoms with van der Waals surface area (Å²) in [6.07, 6.45) is 8.50. The lowest BCUT2D eigenvalue weighted by molar-refractivity contribution is 0.0964. The Bertz CT molecular complexity index is 1730. The molecule has 0 saturated carbocycles. The Kier molecular flexibility index (Phi) is 6.94. The van der Waals surface area contributed by atoms with Crippen LogP contribution in [0, 0.1) is 0 Å². The Labute approximate surface area is 230 Å². The fourth-order valence-corrected chi connectivity index (χ4v) is 4.77. The molecule has 1 aliphatic rings. The fraction of sp³-hybridized carbons (Fsp3) is 0.207. The van der Waals surface area contributed by atoms with Crippen LogP contribution in [-0.2, 0) is 0 Å². The molecule has 0 aliphatic carbocycles. The van der Waals surface area contributed by atoms with Crippen molar-refractivity contribution in [3.8, 4) is 11.4 Å². The molecule has 1 fully saturated rings. The van der Waals surface area contributed by atoms with Crippen molar-refractivity contribution in [2.45, 2.75) is 18.9 Å². The zero-order valence-electron chi connectivity index (χ0n) is 22.1. The van der Waals surface area contributed by atoms with Crippen LogP contribution in [0.15, 0.2) is 77.8 Å². The topological polar surface area (TPSA) is 153 Å². The molecule has 6 rings (SSSR count). The molecule has 0 radical (unpaired) electrons. The maximum Gasteiger partial charge on any atom is 0.272 e. The number of hydrogen-bond acceptors (Lipinski definition) is 8. The first-order valence-corrected chi connectivity index (χ1v) is 13.2. The minimum Gasteiger partial charge on any atom is -0.403 e. The number of nitrogens with one attached hydrogen (secondary N) is 4. The molecule has 1 aliphatic heterocycles. The molecule has 202 valence electrons. The second kappa shape index (κ2) is 11.0. The molecule has 11 heteroatoms. The SMILES string of the molecule is CN1CCC(N=CC(=CN)NC(=O)c2cc3ccc(-c4nccc(Nc5ccc6[nH]ncc6c5)n4)cc3[nH]2)CC1. The second-order valence-corrected chi connectivity index (χ2v) is 9.94. The Balaban J connectivity index is 1.15. The number of hydrogen-bond donors (Lipinski definition) is 5. The highest BCUT2D eigenvalue weighted by molar-refractivity contribution is 6.01. The van der Waals surface area contributed by atoms with E-state index in [9.17, 15) is 4.79 Å². The first-order chi connectivity index (χ1) is 19.5. The molecule has 11 nitrogen and oxygen atoms in total. The van der Waals surface area contributed by atoms with Gasteiger partial charge >= 0.3 is 0 Å². The lowest BCUT2D eigenvalue weighted by Gasteiger charge is -2.26. The molecular weight excluding hydrogens is 504 g/mol. The largest absolute Gasteiger partial charge is 0.403 e. The molecule has 5 aromatic rings. The van der Waals surface area contributed by atoms with Crippen molar-refractivity contribution in [2.24, 2.45) is 10.7 Å². The third-order valence-corrected chi connectivity index (χ3v) is 7.04. The number of H-pyrrole nitrogens is 2. The van der Waals surface area contributed by atoms with Gasteiger partial charge in [-0.2, -0.15) is 5.10 Å². The Hall–Kier alpha value is -5.03. The average molecular weight is 535 g/mol. The van der Waals surface area contributed by atoms with E-state index < -0.39 is 0 Å². The zero-order chi connectivity index (χ0) is 27.5. The number of rotatable bonds is 7. The van der Waals surface area contributed by atoms with E-state index >= 15 is 0 Å². The van der Waals surface area contributed by atoms with Crippen molar-refractivity contribution in [1.82, 2.24) is 35.4 Å². The normalized spacial score (nSPS) is 15.3. The number of allylic oxidation sites excluding steroid dienone is 1. The second-order valence-electron chi connectivity index (χ2n) is 9.94. The van der Waals surface area contributed by atoms with E-state index in [0.29, 0.717) is 23.0 Å². The van der Waals surface area contributed by atoms with Gasteiger partial charge in [-0.3, -0.25) is 14.9 Å². The van der Waals surface area contributed by atoms with E-state index in [4.69, 9.17) is 10.7 Å². The van der Waals surface area contributed by atoms with Crippen LogP contribution >= 0.6 is 0 Å². The van der Waals surface area contributed by atoms with Gasteiger partial charge in [0.1, 0.15) is 11.5 Å². The summed E-state index contributed by atoms with van der Waals surface area (Å²) in [5.41, 5.74) is 10.1. The first-order valence-electron chi connectivity index (χ1n) is 13.2. The van der Waals surface area contributed by atoms with Crippen molar-refractivity contribution in [3.05, 3.63) is 78.5 Å². The van der Waals surface area contributed by atoms with Crippen LogP contribution in [-0.4, -0.2) is 68.4 Å². The molecule has 0 unspecified atom stereocenters. The number of anilines is 2. The molecule has 3 aromatic heterocycles. The smallest absolute Gasteiger partial charge is 0.272 e. The minimum absolute atomic E-state index is 0.241. The Morgan fingerprint density at radius 2 is 1.98 bits per heavy atom. The summed E-state index contributed by atoms with van der Waals surface area (Å²) in [5, 5.41) is 15.1. The summed E-state index contributed by atoms with van der Waals surface area (Å²) in [6, 6.07) is 15.6. The van der Waals surface area contributed by atoms with Crippen LogP contribution in [0.25, 0.3) is 33.2 Å². The molecule has 0 bridgehead atoms. The van der Waals surface area contributed by atoms with Gasteiger partial charge in [0, 0.05) is 46.2 Å². The molecular formula is C29H30N10O. The van der Waals surface area contributed by atoms with E-state index in [1.54, 1.807) is 18.6 Å². The van der Waals surface area contributed by atoms with Crippen LogP contribution in [0.3, 0.4) is 0 Å². The van der Waals surface area contributed by atoms with Gasteiger partial charge in [0.25, 0.3) is 5.91 Å². The van der Waals surface area contributed by atoms with E-state index in [1.165, 1.54) is 6.20 Å². The lowest BCUT2D eigenvalue weighted by atomic mass is 10.1. The number of nitrogens with zero attached hydrogens (tertiary/aromatic N) is 5. The zero-order valence-corrected chi connectivity index (χ0v) is 22.1. The van der Waals surface area contributed by atoms with E-state index in [-0.39, 0.29) is 11.9 Å². The van der Waals surface area contributed by atoms with Crippen LogP contribution < -0.4 is 16.4 Å². The number of aromatic amines is 2. The molecule has 1 saturated heterocycles. The predicted octanol–water partition coefficient (Wildman–Crippen LogP) is 3.94. The standard InChI is InChI=1S/C29H30N10O/c1-39-10-7-21(8-11-39)32-17-23(15-30)35-29(40)26-13-18-2-3-19(14-25(18)36-26)28-31-9-6-27(37-28)34-22-4-5-24-20(12-22)16-33-38-24/h2-6,9,12-17,21,36H,7-8,10-11,30H2,1H3,(H,33,38)(H,35,40)(H,31,34,37). The highest BCUT2D eigenvalue weighted by Gasteiger charge is 2.16. The molecule has 2 aromatic carbocycles. The van der Waals surface area contributed by atoms with Crippen molar-refractivity contribution in [1.29, 1.82) is 0 Å². The monoisotopic (exact) mass is 534 g/mol. The quantitative estimate of drug-likeness (QED) is 0.198. The predicted molar refractivity (Wildman–Crippen MR) is 157 cm³/mol. The summed E-state index contributed by atoms with van der Waals surface area (Å²) in [7, 11) is 2.11. The van der Waals surface area contributed by atoms with Gasteiger partial charge < -0.3 is 26.3 Å². The van der Waals surface area contributed by atoms with Gasteiger partial charge in [-0.25, -0.2) is 9.97 Å². The van der Waals surface area contributed by atoms with Crippen LogP contribution in [0.4, 0.5) is 11.5 Å². The van der Waals surface area contributed by atoms with E-state index in [1.807, 2.05) is 48.5 Å². The summed E-state index contributed by atoms with van der Waals surface area (Å²) < 4.78 is 0. The molecule has 4 heterocycles. The van der Waals surface area contributed by atoms with Gasteiger partial charge in [0.2, 0.25) is 0 Å². The Morgan fingerprint density at radius 1 is 1.10 bits per heavy atom. The van der Waals surface area contributed by atoms with Crippen LogP contribution in [0.2, 0.25) is 0 Å².